The smallest absolute Gasteiger partial charge is 0.223 e. The highest BCUT2D eigenvalue weighted by Gasteiger charge is 2.46. The molecule has 2 bridgehead atoms. The lowest BCUT2D eigenvalue weighted by Gasteiger charge is -2.30. The molecular formula is C8H13NO2. The molecule has 0 aromatic rings. The van der Waals surface area contributed by atoms with Crippen LogP contribution in [0.15, 0.2) is 0 Å². The van der Waals surface area contributed by atoms with E-state index >= 15 is 0 Å². The minimum Gasteiger partial charge on any atom is -0.393 e. The zero-order valence-corrected chi connectivity index (χ0v) is 6.63. The second kappa shape index (κ2) is 1.97. The summed E-state index contributed by atoms with van der Waals surface area (Å²) in [5.41, 5.74) is -0.112. The van der Waals surface area contributed by atoms with Gasteiger partial charge in [-0.25, -0.2) is 0 Å². The van der Waals surface area contributed by atoms with E-state index < -0.39 is 0 Å². The summed E-state index contributed by atoms with van der Waals surface area (Å²) >= 11 is 0. The minimum absolute atomic E-state index is 0.0729. The number of aliphatic hydroxyl groups excluding tert-OH is 1. The Morgan fingerprint density at radius 3 is 3.00 bits per heavy atom. The van der Waals surface area contributed by atoms with E-state index in [2.05, 4.69) is 5.32 Å². The van der Waals surface area contributed by atoms with Crippen molar-refractivity contribution in [2.24, 2.45) is 5.92 Å². The number of carbonyl (C=O) groups is 1. The van der Waals surface area contributed by atoms with Crippen LogP contribution in [0, 0.1) is 5.92 Å². The Morgan fingerprint density at radius 1 is 1.64 bits per heavy atom. The summed E-state index contributed by atoms with van der Waals surface area (Å²) in [6.07, 6.45) is 2.00. The molecule has 2 rings (SSSR count). The summed E-state index contributed by atoms with van der Waals surface area (Å²) in [6.45, 7) is 2.01. The molecule has 11 heavy (non-hydrogen) atoms. The highest BCUT2D eigenvalue weighted by Crippen LogP contribution is 2.37. The SMILES string of the molecule is CC12CC(O)CC(C1)C(=O)N2. The minimum atomic E-state index is -0.280. The Labute approximate surface area is 65.8 Å². The van der Waals surface area contributed by atoms with Crippen LogP contribution in [-0.2, 0) is 4.79 Å². The van der Waals surface area contributed by atoms with Crippen LogP contribution in [-0.4, -0.2) is 22.7 Å². The first-order chi connectivity index (χ1) is 5.09. The normalized spacial score (nSPS) is 49.1. The summed E-state index contributed by atoms with van der Waals surface area (Å²) in [6, 6.07) is 0. The fourth-order valence-electron chi connectivity index (χ4n) is 2.34. The lowest BCUT2D eigenvalue weighted by atomic mass is 9.80. The van der Waals surface area contributed by atoms with Crippen molar-refractivity contribution in [2.45, 2.75) is 37.8 Å². The molecule has 2 fully saturated rings. The van der Waals surface area contributed by atoms with Crippen molar-refractivity contribution in [3.63, 3.8) is 0 Å². The molecule has 1 saturated carbocycles. The maximum absolute atomic E-state index is 11.2. The standard InChI is InChI=1S/C8H13NO2/c1-8-3-5(7(11)9-8)2-6(10)4-8/h5-6,10H,2-4H2,1H3,(H,9,11). The summed E-state index contributed by atoms with van der Waals surface area (Å²) in [5, 5.41) is 12.3. The van der Waals surface area contributed by atoms with E-state index in [1.165, 1.54) is 0 Å². The van der Waals surface area contributed by atoms with Crippen LogP contribution in [0.5, 0.6) is 0 Å². The summed E-state index contributed by atoms with van der Waals surface area (Å²) in [7, 11) is 0. The molecular weight excluding hydrogens is 142 g/mol. The largest absolute Gasteiger partial charge is 0.393 e. The Hall–Kier alpha value is -0.570. The Morgan fingerprint density at radius 2 is 2.36 bits per heavy atom. The van der Waals surface area contributed by atoms with Crippen molar-refractivity contribution < 1.29 is 9.90 Å². The van der Waals surface area contributed by atoms with Gasteiger partial charge in [-0.3, -0.25) is 4.79 Å². The topological polar surface area (TPSA) is 49.3 Å². The van der Waals surface area contributed by atoms with Crippen molar-refractivity contribution in [3.8, 4) is 0 Å². The maximum atomic E-state index is 11.2. The molecule has 3 heteroatoms. The molecule has 62 valence electrons. The van der Waals surface area contributed by atoms with Gasteiger partial charge >= 0.3 is 0 Å². The van der Waals surface area contributed by atoms with Crippen molar-refractivity contribution in [1.29, 1.82) is 0 Å². The van der Waals surface area contributed by atoms with Gasteiger partial charge in [-0.1, -0.05) is 0 Å². The number of hydrogen-bond acceptors (Lipinski definition) is 2. The third-order valence-electron chi connectivity index (χ3n) is 2.74. The summed E-state index contributed by atoms with van der Waals surface area (Å²) in [5.74, 6) is 0.202. The lowest BCUT2D eigenvalue weighted by molar-refractivity contribution is -0.123. The number of aliphatic hydroxyl groups is 1. The fraction of sp³-hybridized carbons (Fsp3) is 0.875. The first kappa shape index (κ1) is 7.10. The van der Waals surface area contributed by atoms with Crippen LogP contribution in [0.3, 0.4) is 0 Å². The molecule has 0 spiro atoms. The second-order valence-electron chi connectivity index (χ2n) is 4.04. The van der Waals surface area contributed by atoms with Gasteiger partial charge in [-0.15, -0.1) is 0 Å². The molecule has 1 aliphatic heterocycles. The van der Waals surface area contributed by atoms with Crippen LogP contribution in [0.2, 0.25) is 0 Å². The molecule has 3 atom stereocenters. The number of hydrogen-bond donors (Lipinski definition) is 2. The number of nitrogens with one attached hydrogen (secondary N) is 1. The average molecular weight is 155 g/mol. The molecule has 3 unspecified atom stereocenters. The highest BCUT2D eigenvalue weighted by atomic mass is 16.3. The van der Waals surface area contributed by atoms with Gasteiger partial charge in [0.25, 0.3) is 0 Å². The van der Waals surface area contributed by atoms with Crippen LogP contribution >= 0.6 is 0 Å². The van der Waals surface area contributed by atoms with Crippen molar-refractivity contribution in [2.75, 3.05) is 0 Å². The third kappa shape index (κ3) is 1.03. The van der Waals surface area contributed by atoms with E-state index in [1.807, 2.05) is 6.92 Å². The quantitative estimate of drug-likeness (QED) is 0.518. The Balaban J connectivity index is 2.23. The molecule has 2 N–H and O–H groups in total. The maximum Gasteiger partial charge on any atom is 0.223 e. The molecule has 0 radical (unpaired) electrons. The van der Waals surface area contributed by atoms with Gasteiger partial charge in [0, 0.05) is 11.5 Å². The Bertz CT molecular complexity index is 204. The van der Waals surface area contributed by atoms with Crippen molar-refractivity contribution in [1.82, 2.24) is 5.32 Å². The highest BCUT2D eigenvalue weighted by molar-refractivity contribution is 5.82. The number of fused-ring (bicyclic) bond motifs is 2. The number of amides is 1. The van der Waals surface area contributed by atoms with Gasteiger partial charge in [0.2, 0.25) is 5.91 Å². The van der Waals surface area contributed by atoms with E-state index in [4.69, 9.17) is 0 Å². The molecule has 1 saturated heterocycles. The molecule has 1 amide bonds. The molecule has 2 aliphatic rings. The van der Waals surface area contributed by atoms with Gasteiger partial charge in [0.15, 0.2) is 0 Å². The van der Waals surface area contributed by atoms with Crippen molar-refractivity contribution >= 4 is 5.91 Å². The number of carbonyl (C=O) groups excluding carboxylic acids is 1. The molecule has 1 heterocycles. The molecule has 0 aromatic heterocycles. The number of rotatable bonds is 0. The van der Waals surface area contributed by atoms with Gasteiger partial charge < -0.3 is 10.4 Å². The van der Waals surface area contributed by atoms with Gasteiger partial charge in [-0.05, 0) is 26.2 Å². The van der Waals surface area contributed by atoms with Crippen LogP contribution in [0.4, 0.5) is 0 Å². The van der Waals surface area contributed by atoms with Crippen LogP contribution in [0.25, 0.3) is 0 Å². The van der Waals surface area contributed by atoms with E-state index in [-0.39, 0.29) is 23.5 Å². The fourth-order valence-corrected chi connectivity index (χ4v) is 2.34. The van der Waals surface area contributed by atoms with Crippen LogP contribution < -0.4 is 5.32 Å². The van der Waals surface area contributed by atoms with E-state index in [9.17, 15) is 9.90 Å². The zero-order valence-electron chi connectivity index (χ0n) is 6.63. The lowest BCUT2D eigenvalue weighted by Crippen LogP contribution is -2.41. The van der Waals surface area contributed by atoms with Gasteiger partial charge in [-0.2, -0.15) is 0 Å². The van der Waals surface area contributed by atoms with E-state index in [1.54, 1.807) is 0 Å². The second-order valence-corrected chi connectivity index (χ2v) is 4.04. The molecule has 3 nitrogen and oxygen atoms in total. The van der Waals surface area contributed by atoms with Gasteiger partial charge in [0.05, 0.1) is 6.10 Å². The summed E-state index contributed by atoms with van der Waals surface area (Å²) < 4.78 is 0. The van der Waals surface area contributed by atoms with E-state index in [0.29, 0.717) is 6.42 Å². The van der Waals surface area contributed by atoms with Gasteiger partial charge in [0.1, 0.15) is 0 Å². The molecule has 0 aromatic carbocycles. The van der Waals surface area contributed by atoms with Crippen LogP contribution in [0.1, 0.15) is 26.2 Å². The summed E-state index contributed by atoms with van der Waals surface area (Å²) in [4.78, 5) is 11.2. The van der Waals surface area contributed by atoms with E-state index in [0.717, 1.165) is 12.8 Å². The predicted octanol–water partition coefficient (Wildman–Crippen LogP) is 0.0359. The first-order valence-corrected chi connectivity index (χ1v) is 4.09. The third-order valence-corrected chi connectivity index (χ3v) is 2.74. The predicted molar refractivity (Wildman–Crippen MR) is 39.9 cm³/mol. The first-order valence-electron chi connectivity index (χ1n) is 4.09. The van der Waals surface area contributed by atoms with Crippen molar-refractivity contribution in [3.05, 3.63) is 0 Å². The average Bonchev–Trinajstić information content (AvgIpc) is 2.01. The molecule has 1 aliphatic carbocycles. The zero-order chi connectivity index (χ0) is 8.06. The Kier molecular flexibility index (Phi) is 1.27. The monoisotopic (exact) mass is 155 g/mol.